The minimum absolute atomic E-state index is 0.212. The summed E-state index contributed by atoms with van der Waals surface area (Å²) in [6.07, 6.45) is 4.24. The predicted octanol–water partition coefficient (Wildman–Crippen LogP) is 5.07. The van der Waals surface area contributed by atoms with Gasteiger partial charge < -0.3 is 9.88 Å². The molecule has 0 fully saturated rings. The Morgan fingerprint density at radius 3 is 2.80 bits per heavy atom. The largest absolute Gasteiger partial charge is 0.326 e. The molecule has 1 aliphatic heterocycles. The molecule has 1 N–H and O–H groups in total. The molecule has 0 saturated carbocycles. The number of nitrogens with zero attached hydrogens (tertiary/aromatic N) is 3. The Bertz CT molecular complexity index is 1050. The zero-order valence-corrected chi connectivity index (χ0v) is 17.2. The van der Waals surface area contributed by atoms with E-state index in [1.165, 1.54) is 30.0 Å². The number of halogens is 2. The lowest BCUT2D eigenvalue weighted by molar-refractivity contribution is -0.115. The molecular formula is C22H22F2N4OS. The van der Waals surface area contributed by atoms with E-state index in [0.29, 0.717) is 27.7 Å². The first-order valence-corrected chi connectivity index (χ1v) is 11.0. The number of amides is 1. The summed E-state index contributed by atoms with van der Waals surface area (Å²) >= 11 is 1.29. The first kappa shape index (κ1) is 20.5. The fourth-order valence-electron chi connectivity index (χ4n) is 3.50. The third-order valence-corrected chi connectivity index (χ3v) is 6.07. The number of fused-ring (bicyclic) bond motifs is 1. The summed E-state index contributed by atoms with van der Waals surface area (Å²) in [5.41, 5.74) is 0.826. The first-order chi connectivity index (χ1) is 14.6. The molecule has 0 atom stereocenters. The molecule has 2 aromatic carbocycles. The van der Waals surface area contributed by atoms with Gasteiger partial charge in [0.25, 0.3) is 0 Å². The molecule has 2 heterocycles. The molecule has 0 saturated heterocycles. The molecule has 0 spiro atoms. The molecule has 1 aromatic heterocycles. The lowest BCUT2D eigenvalue weighted by atomic mass is 10.1. The van der Waals surface area contributed by atoms with Crippen LogP contribution in [0.25, 0.3) is 11.4 Å². The van der Waals surface area contributed by atoms with Gasteiger partial charge in [-0.3, -0.25) is 4.79 Å². The maximum Gasteiger partial charge on any atom is 0.225 e. The highest BCUT2D eigenvalue weighted by Crippen LogP contribution is 2.28. The predicted molar refractivity (Wildman–Crippen MR) is 113 cm³/mol. The van der Waals surface area contributed by atoms with Gasteiger partial charge in [-0.25, -0.2) is 8.78 Å². The summed E-state index contributed by atoms with van der Waals surface area (Å²) in [4.78, 5) is 12.8. The summed E-state index contributed by atoms with van der Waals surface area (Å²) in [5.74, 6) is 0.910. The topological polar surface area (TPSA) is 59.8 Å². The van der Waals surface area contributed by atoms with E-state index in [4.69, 9.17) is 0 Å². The Hall–Kier alpha value is -2.74. The number of aryl methyl sites for hydroxylation is 1. The van der Waals surface area contributed by atoms with Crippen molar-refractivity contribution in [3.63, 3.8) is 0 Å². The summed E-state index contributed by atoms with van der Waals surface area (Å²) in [7, 11) is 0. The Kier molecular flexibility index (Phi) is 6.42. The molecule has 4 rings (SSSR count). The van der Waals surface area contributed by atoms with Crippen molar-refractivity contribution in [2.24, 2.45) is 0 Å². The molecule has 30 heavy (non-hydrogen) atoms. The monoisotopic (exact) mass is 428 g/mol. The molecule has 1 aliphatic rings. The number of aromatic nitrogens is 3. The lowest BCUT2D eigenvalue weighted by Crippen LogP contribution is -2.12. The maximum absolute atomic E-state index is 14.5. The van der Waals surface area contributed by atoms with Crippen LogP contribution in [0.15, 0.2) is 47.4 Å². The van der Waals surface area contributed by atoms with E-state index in [1.807, 2.05) is 4.57 Å². The van der Waals surface area contributed by atoms with E-state index >= 15 is 0 Å². The Balaban J connectivity index is 1.43. The molecule has 1 amide bonds. The van der Waals surface area contributed by atoms with Crippen molar-refractivity contribution in [2.75, 3.05) is 11.1 Å². The van der Waals surface area contributed by atoms with Crippen LogP contribution in [0.4, 0.5) is 14.5 Å². The molecule has 0 radical (unpaired) electrons. The number of rotatable bonds is 6. The summed E-state index contributed by atoms with van der Waals surface area (Å²) in [6.45, 7) is 0.765. The van der Waals surface area contributed by atoms with Crippen LogP contribution in [-0.4, -0.2) is 26.4 Å². The van der Waals surface area contributed by atoms with E-state index < -0.39 is 5.82 Å². The van der Waals surface area contributed by atoms with Crippen LogP contribution >= 0.6 is 11.8 Å². The van der Waals surface area contributed by atoms with Gasteiger partial charge in [0.1, 0.15) is 17.5 Å². The SMILES string of the molecule is O=C(CCSc1ccccc1F)Nc1ccc(F)c(-c2nnc3n2CCCCC3)c1. The fourth-order valence-corrected chi connectivity index (χ4v) is 4.39. The minimum atomic E-state index is -0.400. The van der Waals surface area contributed by atoms with E-state index in [-0.39, 0.29) is 18.1 Å². The van der Waals surface area contributed by atoms with E-state index in [2.05, 4.69) is 15.5 Å². The highest BCUT2D eigenvalue weighted by molar-refractivity contribution is 7.99. The van der Waals surface area contributed by atoms with E-state index in [9.17, 15) is 13.6 Å². The molecule has 0 unspecified atom stereocenters. The van der Waals surface area contributed by atoms with Crippen LogP contribution < -0.4 is 5.32 Å². The van der Waals surface area contributed by atoms with Crippen LogP contribution in [0.3, 0.4) is 0 Å². The van der Waals surface area contributed by atoms with Crippen LogP contribution in [0.2, 0.25) is 0 Å². The van der Waals surface area contributed by atoms with Gasteiger partial charge in [-0.2, -0.15) is 0 Å². The van der Waals surface area contributed by atoms with Crippen LogP contribution in [-0.2, 0) is 17.8 Å². The van der Waals surface area contributed by atoms with Crippen LogP contribution in [0.1, 0.15) is 31.5 Å². The van der Waals surface area contributed by atoms with E-state index in [1.54, 1.807) is 24.3 Å². The summed E-state index contributed by atoms with van der Waals surface area (Å²) < 4.78 is 30.2. The normalized spacial score (nSPS) is 13.5. The number of hydrogen-bond donors (Lipinski definition) is 1. The molecule has 0 bridgehead atoms. The van der Waals surface area contributed by atoms with Gasteiger partial charge >= 0.3 is 0 Å². The van der Waals surface area contributed by atoms with Gasteiger partial charge in [0.15, 0.2) is 5.82 Å². The molecular weight excluding hydrogens is 406 g/mol. The highest BCUT2D eigenvalue weighted by Gasteiger charge is 2.19. The van der Waals surface area contributed by atoms with E-state index in [0.717, 1.165) is 38.1 Å². The van der Waals surface area contributed by atoms with Gasteiger partial charge in [0.2, 0.25) is 5.91 Å². The number of thioether (sulfide) groups is 1. The smallest absolute Gasteiger partial charge is 0.225 e. The average Bonchev–Trinajstić information content (AvgIpc) is 2.98. The van der Waals surface area contributed by atoms with Crippen molar-refractivity contribution in [3.05, 3.63) is 59.9 Å². The first-order valence-electron chi connectivity index (χ1n) is 10.0. The fraction of sp³-hybridized carbons (Fsp3) is 0.318. The van der Waals surface area contributed by atoms with Gasteiger partial charge in [0, 0.05) is 35.7 Å². The Morgan fingerprint density at radius 1 is 1.07 bits per heavy atom. The van der Waals surface area contributed by atoms with Crippen molar-refractivity contribution >= 4 is 23.4 Å². The highest BCUT2D eigenvalue weighted by atomic mass is 32.2. The number of carbonyl (C=O) groups excluding carboxylic acids is 1. The van der Waals surface area contributed by atoms with Gasteiger partial charge in [0.05, 0.1) is 5.56 Å². The maximum atomic E-state index is 14.5. The quantitative estimate of drug-likeness (QED) is 0.557. The zero-order chi connectivity index (χ0) is 20.9. The molecule has 0 aliphatic carbocycles. The second-order valence-electron chi connectivity index (χ2n) is 7.17. The van der Waals surface area contributed by atoms with Crippen molar-refractivity contribution in [2.45, 2.75) is 43.5 Å². The number of hydrogen-bond acceptors (Lipinski definition) is 4. The van der Waals surface area contributed by atoms with Crippen molar-refractivity contribution in [1.82, 2.24) is 14.8 Å². The second-order valence-corrected chi connectivity index (χ2v) is 8.31. The summed E-state index contributed by atoms with van der Waals surface area (Å²) in [5, 5.41) is 11.2. The number of anilines is 1. The van der Waals surface area contributed by atoms with Gasteiger partial charge in [-0.1, -0.05) is 18.6 Å². The molecule has 5 nitrogen and oxygen atoms in total. The number of benzene rings is 2. The van der Waals surface area contributed by atoms with Gasteiger partial charge in [-0.05, 0) is 43.2 Å². The Labute approximate surface area is 177 Å². The second kappa shape index (κ2) is 9.38. The number of carbonyl (C=O) groups is 1. The van der Waals surface area contributed by atoms with Crippen LogP contribution in [0.5, 0.6) is 0 Å². The molecule has 3 aromatic rings. The lowest BCUT2D eigenvalue weighted by Gasteiger charge is -2.10. The summed E-state index contributed by atoms with van der Waals surface area (Å²) in [6, 6.07) is 10.9. The van der Waals surface area contributed by atoms with Crippen LogP contribution in [0, 0.1) is 11.6 Å². The molecule has 8 heteroatoms. The Morgan fingerprint density at radius 2 is 1.93 bits per heavy atom. The van der Waals surface area contributed by atoms with Crippen molar-refractivity contribution in [1.29, 1.82) is 0 Å². The minimum Gasteiger partial charge on any atom is -0.326 e. The number of nitrogens with one attached hydrogen (secondary N) is 1. The van der Waals surface area contributed by atoms with Gasteiger partial charge in [-0.15, -0.1) is 22.0 Å². The average molecular weight is 429 g/mol. The zero-order valence-electron chi connectivity index (χ0n) is 16.4. The molecule has 156 valence electrons. The third-order valence-electron chi connectivity index (χ3n) is 5.02. The van der Waals surface area contributed by atoms with Crippen molar-refractivity contribution in [3.8, 4) is 11.4 Å². The standard InChI is InChI=1S/C22H22F2N4OS/c23-17-10-9-15(25-21(29)11-13-30-19-7-4-3-6-18(19)24)14-16(17)22-27-26-20-8-2-1-5-12-28(20)22/h3-4,6-7,9-10,14H,1-2,5,8,11-13H2,(H,25,29). The van der Waals surface area contributed by atoms with Crippen molar-refractivity contribution < 1.29 is 13.6 Å². The third kappa shape index (κ3) is 4.70.